The van der Waals surface area contributed by atoms with Crippen molar-refractivity contribution in [3.05, 3.63) is 23.3 Å². The number of phenols is 2. The molecule has 0 saturated carbocycles. The van der Waals surface area contributed by atoms with Crippen molar-refractivity contribution < 1.29 is 10.2 Å². The zero-order valence-electron chi connectivity index (χ0n) is 6.33. The molecule has 1 aromatic carbocycles. The molecule has 60 valence electrons. The van der Waals surface area contributed by atoms with Crippen LogP contribution in [0, 0.1) is 6.92 Å². The summed E-state index contributed by atoms with van der Waals surface area (Å²) < 4.78 is 0. The van der Waals surface area contributed by atoms with Crippen LogP contribution in [0.5, 0.6) is 11.5 Å². The number of hydrogen-bond acceptors (Lipinski definition) is 3. The molecule has 0 aliphatic rings. The Morgan fingerprint density at radius 1 is 1.36 bits per heavy atom. The molecule has 0 saturated heterocycles. The Morgan fingerprint density at radius 3 is 2.55 bits per heavy atom. The van der Waals surface area contributed by atoms with Crippen molar-refractivity contribution in [2.24, 2.45) is 5.73 Å². The van der Waals surface area contributed by atoms with Gasteiger partial charge in [0.25, 0.3) is 0 Å². The Hall–Kier alpha value is -1.22. The summed E-state index contributed by atoms with van der Waals surface area (Å²) in [5.74, 6) is 0.311. The molecule has 3 heteroatoms. The third-order valence-electron chi connectivity index (χ3n) is 1.58. The van der Waals surface area contributed by atoms with E-state index in [-0.39, 0.29) is 18.0 Å². The highest BCUT2D eigenvalue weighted by molar-refractivity contribution is 5.44. The van der Waals surface area contributed by atoms with E-state index in [1.807, 2.05) is 0 Å². The molecular formula is C8H11NO2. The molecule has 0 unspecified atom stereocenters. The molecule has 0 heterocycles. The van der Waals surface area contributed by atoms with E-state index >= 15 is 0 Å². The van der Waals surface area contributed by atoms with Crippen LogP contribution in [0.2, 0.25) is 0 Å². The minimum Gasteiger partial charge on any atom is -0.508 e. The van der Waals surface area contributed by atoms with Crippen LogP contribution in [0.4, 0.5) is 0 Å². The molecule has 11 heavy (non-hydrogen) atoms. The molecule has 3 nitrogen and oxygen atoms in total. The van der Waals surface area contributed by atoms with Crippen molar-refractivity contribution in [2.45, 2.75) is 13.5 Å². The van der Waals surface area contributed by atoms with Gasteiger partial charge in [0.15, 0.2) is 0 Å². The lowest BCUT2D eigenvalue weighted by atomic mass is 10.1. The zero-order valence-corrected chi connectivity index (χ0v) is 6.33. The Kier molecular flexibility index (Phi) is 2.01. The van der Waals surface area contributed by atoms with Crippen LogP contribution < -0.4 is 5.73 Å². The Labute approximate surface area is 65.1 Å². The van der Waals surface area contributed by atoms with Crippen molar-refractivity contribution in [3.8, 4) is 11.5 Å². The van der Waals surface area contributed by atoms with Gasteiger partial charge in [-0.25, -0.2) is 0 Å². The van der Waals surface area contributed by atoms with Gasteiger partial charge >= 0.3 is 0 Å². The summed E-state index contributed by atoms with van der Waals surface area (Å²) in [4.78, 5) is 0. The van der Waals surface area contributed by atoms with Gasteiger partial charge in [-0.3, -0.25) is 0 Å². The van der Waals surface area contributed by atoms with Crippen LogP contribution in [0.25, 0.3) is 0 Å². The highest BCUT2D eigenvalue weighted by Gasteiger charge is 2.03. The lowest BCUT2D eigenvalue weighted by Crippen LogP contribution is -1.97. The number of phenolic OH excluding ortho intramolecular Hbond substituents is 2. The quantitative estimate of drug-likeness (QED) is 0.524. The lowest BCUT2D eigenvalue weighted by molar-refractivity contribution is 0.450. The first-order valence-electron chi connectivity index (χ1n) is 3.36. The molecule has 1 aromatic rings. The van der Waals surface area contributed by atoms with E-state index in [4.69, 9.17) is 10.8 Å². The molecule has 0 amide bonds. The summed E-state index contributed by atoms with van der Waals surface area (Å²) in [7, 11) is 0. The molecule has 0 bridgehead atoms. The second kappa shape index (κ2) is 2.80. The van der Waals surface area contributed by atoms with E-state index in [0.29, 0.717) is 11.1 Å². The SMILES string of the molecule is Cc1cc(O)cc(CN)c1O. The van der Waals surface area contributed by atoms with Crippen LogP contribution in [0.15, 0.2) is 12.1 Å². The van der Waals surface area contributed by atoms with E-state index in [2.05, 4.69) is 0 Å². The summed E-state index contributed by atoms with van der Waals surface area (Å²) in [6.45, 7) is 1.95. The molecule has 0 atom stereocenters. The van der Waals surface area contributed by atoms with Crippen molar-refractivity contribution >= 4 is 0 Å². The zero-order chi connectivity index (χ0) is 8.43. The largest absolute Gasteiger partial charge is 0.508 e. The van der Waals surface area contributed by atoms with Gasteiger partial charge in [-0.2, -0.15) is 0 Å². The van der Waals surface area contributed by atoms with Gasteiger partial charge < -0.3 is 15.9 Å². The maximum atomic E-state index is 9.33. The summed E-state index contributed by atoms with van der Waals surface area (Å²) in [6.07, 6.45) is 0. The molecule has 0 fully saturated rings. The van der Waals surface area contributed by atoms with Gasteiger partial charge in [0.05, 0.1) is 0 Å². The number of nitrogens with two attached hydrogens (primary N) is 1. The van der Waals surface area contributed by atoms with Gasteiger partial charge in [0.2, 0.25) is 0 Å². The molecule has 0 aliphatic carbocycles. The molecule has 0 spiro atoms. The van der Waals surface area contributed by atoms with E-state index in [1.54, 1.807) is 6.92 Å². The molecule has 0 aliphatic heterocycles. The normalized spacial score (nSPS) is 10.0. The van der Waals surface area contributed by atoms with Crippen LogP contribution in [-0.4, -0.2) is 10.2 Å². The van der Waals surface area contributed by atoms with Gasteiger partial charge in [-0.05, 0) is 24.6 Å². The average molecular weight is 153 g/mol. The second-order valence-electron chi connectivity index (χ2n) is 2.47. The van der Waals surface area contributed by atoms with Crippen LogP contribution >= 0.6 is 0 Å². The molecule has 4 N–H and O–H groups in total. The van der Waals surface area contributed by atoms with Gasteiger partial charge in [0.1, 0.15) is 11.5 Å². The third-order valence-corrected chi connectivity index (χ3v) is 1.58. The number of aromatic hydroxyl groups is 2. The fraction of sp³-hybridized carbons (Fsp3) is 0.250. The molecule has 0 radical (unpaired) electrons. The molecular weight excluding hydrogens is 142 g/mol. The first-order valence-corrected chi connectivity index (χ1v) is 3.36. The van der Waals surface area contributed by atoms with Crippen LogP contribution in [0.3, 0.4) is 0 Å². The van der Waals surface area contributed by atoms with Crippen LogP contribution in [0.1, 0.15) is 11.1 Å². The summed E-state index contributed by atoms with van der Waals surface area (Å²) in [5, 5.41) is 18.4. The molecule has 1 rings (SSSR count). The highest BCUT2D eigenvalue weighted by Crippen LogP contribution is 2.26. The fourth-order valence-corrected chi connectivity index (χ4v) is 0.988. The summed E-state index contributed by atoms with van der Waals surface area (Å²) in [6, 6.07) is 2.96. The Bertz CT molecular complexity index is 271. The fourth-order valence-electron chi connectivity index (χ4n) is 0.988. The maximum absolute atomic E-state index is 9.33. The highest BCUT2D eigenvalue weighted by atomic mass is 16.3. The first-order chi connectivity index (χ1) is 5.15. The van der Waals surface area contributed by atoms with Crippen molar-refractivity contribution in [1.82, 2.24) is 0 Å². The van der Waals surface area contributed by atoms with Gasteiger partial charge in [-0.15, -0.1) is 0 Å². The van der Waals surface area contributed by atoms with E-state index in [9.17, 15) is 5.11 Å². The van der Waals surface area contributed by atoms with Gasteiger partial charge in [-0.1, -0.05) is 0 Å². The predicted molar refractivity (Wildman–Crippen MR) is 42.4 cm³/mol. The number of rotatable bonds is 1. The maximum Gasteiger partial charge on any atom is 0.123 e. The second-order valence-corrected chi connectivity index (χ2v) is 2.47. The monoisotopic (exact) mass is 153 g/mol. The summed E-state index contributed by atoms with van der Waals surface area (Å²) >= 11 is 0. The van der Waals surface area contributed by atoms with Crippen molar-refractivity contribution in [2.75, 3.05) is 0 Å². The first kappa shape index (κ1) is 7.88. The van der Waals surface area contributed by atoms with E-state index in [1.165, 1.54) is 12.1 Å². The van der Waals surface area contributed by atoms with Crippen LogP contribution in [-0.2, 0) is 6.54 Å². The van der Waals surface area contributed by atoms with E-state index in [0.717, 1.165) is 0 Å². The lowest BCUT2D eigenvalue weighted by Gasteiger charge is -2.04. The van der Waals surface area contributed by atoms with Gasteiger partial charge in [0, 0.05) is 12.1 Å². The Morgan fingerprint density at radius 2 is 2.00 bits per heavy atom. The minimum absolute atomic E-state index is 0.140. The number of aryl methyl sites for hydroxylation is 1. The minimum atomic E-state index is 0.140. The number of hydrogen-bond donors (Lipinski definition) is 3. The van der Waals surface area contributed by atoms with Crippen molar-refractivity contribution in [1.29, 1.82) is 0 Å². The summed E-state index contributed by atoms with van der Waals surface area (Å²) in [5.41, 5.74) is 6.53. The topological polar surface area (TPSA) is 66.5 Å². The van der Waals surface area contributed by atoms with Crippen molar-refractivity contribution in [3.63, 3.8) is 0 Å². The number of benzene rings is 1. The smallest absolute Gasteiger partial charge is 0.123 e. The Balaban J connectivity index is 3.24. The standard InChI is InChI=1S/C8H11NO2/c1-5-2-7(10)3-6(4-9)8(5)11/h2-3,10-11H,4,9H2,1H3. The van der Waals surface area contributed by atoms with E-state index < -0.39 is 0 Å². The predicted octanol–water partition coefficient (Wildman–Crippen LogP) is 0.865. The molecule has 0 aromatic heterocycles. The average Bonchev–Trinajstić information content (AvgIpc) is 1.96. The third kappa shape index (κ3) is 1.43.